The van der Waals surface area contributed by atoms with Crippen molar-refractivity contribution in [1.29, 1.82) is 0 Å². The van der Waals surface area contributed by atoms with Crippen molar-refractivity contribution < 1.29 is 0 Å². The predicted molar refractivity (Wildman–Crippen MR) is 74.3 cm³/mol. The highest BCUT2D eigenvalue weighted by molar-refractivity contribution is 9.10. The normalized spacial score (nSPS) is 10.9. The fourth-order valence-electron chi connectivity index (χ4n) is 1.58. The molecule has 0 bridgehead atoms. The molecule has 0 spiro atoms. The predicted octanol–water partition coefficient (Wildman–Crippen LogP) is 3.95. The molecule has 0 saturated carbocycles. The molecule has 3 rings (SSSR count). The Bertz CT molecular complexity index is 674. The van der Waals surface area contributed by atoms with Crippen LogP contribution in [0.2, 0.25) is 0 Å². The van der Waals surface area contributed by atoms with Crippen LogP contribution < -0.4 is 0 Å². The summed E-state index contributed by atoms with van der Waals surface area (Å²) in [6, 6.07) is 13.7. The van der Waals surface area contributed by atoms with E-state index in [9.17, 15) is 0 Å². The second kappa shape index (κ2) is 4.23. The first-order chi connectivity index (χ1) is 8.22. The van der Waals surface area contributed by atoms with Crippen LogP contribution in [0, 0.1) is 0 Å². The van der Waals surface area contributed by atoms with Crippen LogP contribution in [-0.4, -0.2) is 15.0 Å². The van der Waals surface area contributed by atoms with Crippen molar-refractivity contribution in [2.75, 3.05) is 0 Å². The number of benzene rings is 2. The molecule has 1 heterocycles. The molecule has 3 nitrogen and oxygen atoms in total. The Hall–Kier alpha value is -1.20. The molecule has 0 saturated heterocycles. The molecule has 0 radical (unpaired) electrons. The fraction of sp³-hybridized carbons (Fsp3) is 0. The zero-order chi connectivity index (χ0) is 11.8. The van der Waals surface area contributed by atoms with E-state index in [1.54, 1.807) is 4.80 Å². The van der Waals surface area contributed by atoms with Gasteiger partial charge in [0.05, 0.1) is 5.69 Å². The SMILES string of the molecule is Brc1ccc(-n2nc3ccc(Br)cc3n2)cc1. The molecular weight excluding hydrogens is 346 g/mol. The summed E-state index contributed by atoms with van der Waals surface area (Å²) in [5.74, 6) is 0. The van der Waals surface area contributed by atoms with E-state index in [0.29, 0.717) is 0 Å². The lowest BCUT2D eigenvalue weighted by molar-refractivity contribution is 0.765. The molecule has 17 heavy (non-hydrogen) atoms. The second-order valence-electron chi connectivity index (χ2n) is 3.60. The lowest BCUT2D eigenvalue weighted by Gasteiger charge is -1.97. The van der Waals surface area contributed by atoms with E-state index in [-0.39, 0.29) is 0 Å². The van der Waals surface area contributed by atoms with Crippen LogP contribution in [0.5, 0.6) is 0 Å². The van der Waals surface area contributed by atoms with Crippen molar-refractivity contribution in [2.45, 2.75) is 0 Å². The lowest BCUT2D eigenvalue weighted by Crippen LogP contribution is -1.97. The molecule has 0 unspecified atom stereocenters. The molecule has 3 aromatic rings. The van der Waals surface area contributed by atoms with Gasteiger partial charge in [-0.2, -0.15) is 4.80 Å². The quantitative estimate of drug-likeness (QED) is 0.664. The van der Waals surface area contributed by atoms with Gasteiger partial charge in [0.1, 0.15) is 11.0 Å². The van der Waals surface area contributed by atoms with Crippen molar-refractivity contribution in [3.8, 4) is 5.69 Å². The maximum Gasteiger partial charge on any atom is 0.114 e. The molecule has 0 fully saturated rings. The Balaban J connectivity index is 2.14. The number of halogens is 2. The van der Waals surface area contributed by atoms with Crippen molar-refractivity contribution in [2.24, 2.45) is 0 Å². The molecule has 0 aliphatic heterocycles. The fourth-order valence-corrected chi connectivity index (χ4v) is 2.19. The van der Waals surface area contributed by atoms with E-state index < -0.39 is 0 Å². The Morgan fingerprint density at radius 2 is 1.41 bits per heavy atom. The van der Waals surface area contributed by atoms with Gasteiger partial charge in [-0.1, -0.05) is 31.9 Å². The van der Waals surface area contributed by atoms with Gasteiger partial charge in [-0.15, -0.1) is 10.2 Å². The van der Waals surface area contributed by atoms with E-state index in [2.05, 4.69) is 42.1 Å². The van der Waals surface area contributed by atoms with Gasteiger partial charge in [0.25, 0.3) is 0 Å². The van der Waals surface area contributed by atoms with Gasteiger partial charge < -0.3 is 0 Å². The first-order valence-corrected chi connectivity index (χ1v) is 6.59. The summed E-state index contributed by atoms with van der Waals surface area (Å²) in [5.41, 5.74) is 2.71. The highest BCUT2D eigenvalue weighted by Crippen LogP contribution is 2.18. The zero-order valence-electron chi connectivity index (χ0n) is 8.64. The van der Waals surface area contributed by atoms with Gasteiger partial charge in [-0.3, -0.25) is 0 Å². The smallest absolute Gasteiger partial charge is 0.114 e. The van der Waals surface area contributed by atoms with Crippen molar-refractivity contribution in [1.82, 2.24) is 15.0 Å². The minimum atomic E-state index is 0.877. The van der Waals surface area contributed by atoms with Crippen molar-refractivity contribution in [3.63, 3.8) is 0 Å². The summed E-state index contributed by atoms with van der Waals surface area (Å²) in [6.45, 7) is 0. The minimum Gasteiger partial charge on any atom is -0.150 e. The molecule has 5 heteroatoms. The summed E-state index contributed by atoms with van der Waals surface area (Å²) in [7, 11) is 0. The van der Waals surface area contributed by atoms with Crippen LogP contribution in [0.4, 0.5) is 0 Å². The molecular formula is C12H7Br2N3. The Kier molecular flexibility index (Phi) is 2.72. The van der Waals surface area contributed by atoms with E-state index in [1.165, 1.54) is 0 Å². The summed E-state index contributed by atoms with van der Waals surface area (Å²) in [4.78, 5) is 1.64. The van der Waals surface area contributed by atoms with Gasteiger partial charge >= 0.3 is 0 Å². The molecule has 0 atom stereocenters. The lowest BCUT2D eigenvalue weighted by atomic mass is 10.3. The van der Waals surface area contributed by atoms with Crippen LogP contribution >= 0.6 is 31.9 Å². The second-order valence-corrected chi connectivity index (χ2v) is 5.43. The van der Waals surface area contributed by atoms with Crippen LogP contribution in [0.25, 0.3) is 16.7 Å². The van der Waals surface area contributed by atoms with Crippen LogP contribution in [0.3, 0.4) is 0 Å². The van der Waals surface area contributed by atoms with Crippen LogP contribution in [0.1, 0.15) is 0 Å². The summed E-state index contributed by atoms with van der Waals surface area (Å²) < 4.78 is 2.05. The average molecular weight is 353 g/mol. The van der Waals surface area contributed by atoms with Crippen LogP contribution in [0.15, 0.2) is 51.4 Å². The Morgan fingerprint density at radius 1 is 0.765 bits per heavy atom. The maximum absolute atomic E-state index is 4.43. The van der Waals surface area contributed by atoms with Crippen molar-refractivity contribution in [3.05, 3.63) is 51.4 Å². The molecule has 2 aromatic carbocycles. The molecule has 84 valence electrons. The van der Waals surface area contributed by atoms with Crippen LogP contribution in [-0.2, 0) is 0 Å². The van der Waals surface area contributed by atoms with Gasteiger partial charge in [0, 0.05) is 8.95 Å². The molecule has 0 aliphatic rings. The van der Waals surface area contributed by atoms with Gasteiger partial charge in [-0.05, 0) is 42.5 Å². The summed E-state index contributed by atoms with van der Waals surface area (Å²) in [5, 5.41) is 8.86. The molecule has 0 N–H and O–H groups in total. The van der Waals surface area contributed by atoms with E-state index in [1.807, 2.05) is 42.5 Å². The molecule has 1 aromatic heterocycles. The van der Waals surface area contributed by atoms with Gasteiger partial charge in [0.2, 0.25) is 0 Å². The third-order valence-electron chi connectivity index (χ3n) is 2.40. The topological polar surface area (TPSA) is 30.7 Å². The third kappa shape index (κ3) is 2.12. The average Bonchev–Trinajstić information content (AvgIpc) is 2.72. The number of nitrogens with zero attached hydrogens (tertiary/aromatic N) is 3. The number of fused-ring (bicyclic) bond motifs is 1. The van der Waals surface area contributed by atoms with E-state index in [0.717, 1.165) is 25.7 Å². The monoisotopic (exact) mass is 351 g/mol. The maximum atomic E-state index is 4.43. The summed E-state index contributed by atoms with van der Waals surface area (Å²) in [6.07, 6.45) is 0. The number of aromatic nitrogens is 3. The van der Waals surface area contributed by atoms with Crippen molar-refractivity contribution >= 4 is 42.9 Å². The highest BCUT2D eigenvalue weighted by Gasteiger charge is 2.04. The highest BCUT2D eigenvalue weighted by atomic mass is 79.9. The minimum absolute atomic E-state index is 0.877. The molecule has 0 aliphatic carbocycles. The first-order valence-electron chi connectivity index (χ1n) is 5.01. The number of rotatable bonds is 1. The van der Waals surface area contributed by atoms with E-state index >= 15 is 0 Å². The largest absolute Gasteiger partial charge is 0.150 e. The van der Waals surface area contributed by atoms with Gasteiger partial charge in [-0.25, -0.2) is 0 Å². The Morgan fingerprint density at radius 3 is 2.18 bits per heavy atom. The number of hydrogen-bond acceptors (Lipinski definition) is 2. The first kappa shape index (κ1) is 10.9. The van der Waals surface area contributed by atoms with Gasteiger partial charge in [0.15, 0.2) is 0 Å². The van der Waals surface area contributed by atoms with E-state index in [4.69, 9.17) is 0 Å². The Labute approximate surface area is 115 Å². The summed E-state index contributed by atoms with van der Waals surface area (Å²) >= 11 is 6.83. The molecule has 0 amide bonds. The third-order valence-corrected chi connectivity index (χ3v) is 3.42. The zero-order valence-corrected chi connectivity index (χ0v) is 11.8. The number of hydrogen-bond donors (Lipinski definition) is 0. The standard InChI is InChI=1S/C12H7Br2N3/c13-8-1-4-10(5-2-8)17-15-11-6-3-9(14)7-12(11)16-17/h1-7H.